The average Bonchev–Trinajstić information content (AvgIpc) is 2.37. The first kappa shape index (κ1) is 14.3. The molecule has 0 aromatic heterocycles. The number of anilines is 2. The van der Waals surface area contributed by atoms with E-state index in [4.69, 9.17) is 17.3 Å². The summed E-state index contributed by atoms with van der Waals surface area (Å²) in [6, 6.07) is 7.69. The Bertz CT molecular complexity index is 662. The lowest BCUT2D eigenvalue weighted by molar-refractivity contribution is -0.115. The summed E-state index contributed by atoms with van der Waals surface area (Å²) in [5, 5.41) is 2.95. The van der Waals surface area contributed by atoms with E-state index in [-0.39, 0.29) is 12.0 Å². The van der Waals surface area contributed by atoms with Crippen LogP contribution in [-0.2, 0) is 11.2 Å². The van der Waals surface area contributed by atoms with Crippen LogP contribution < -0.4 is 11.1 Å². The Labute approximate surface area is 119 Å². The number of nitrogens with two attached hydrogens (primary N) is 1. The molecule has 0 radical (unpaired) electrons. The van der Waals surface area contributed by atoms with Gasteiger partial charge in [0.05, 0.1) is 17.8 Å². The summed E-state index contributed by atoms with van der Waals surface area (Å²) in [5.41, 5.74) is 6.49. The van der Waals surface area contributed by atoms with E-state index in [1.807, 2.05) is 0 Å². The number of carbonyl (C=O) groups excluding carboxylic acids is 1. The summed E-state index contributed by atoms with van der Waals surface area (Å²) < 4.78 is 26.2. The molecular formula is C14H11ClF2N2O. The Morgan fingerprint density at radius 1 is 1.20 bits per heavy atom. The van der Waals surface area contributed by atoms with Crippen LogP contribution in [-0.4, -0.2) is 5.91 Å². The first-order chi connectivity index (χ1) is 9.45. The molecule has 0 heterocycles. The van der Waals surface area contributed by atoms with Gasteiger partial charge in [0, 0.05) is 11.1 Å². The predicted octanol–water partition coefficient (Wildman–Crippen LogP) is 3.38. The van der Waals surface area contributed by atoms with E-state index in [0.29, 0.717) is 16.4 Å². The molecular weight excluding hydrogens is 286 g/mol. The molecule has 3 N–H and O–H groups in total. The summed E-state index contributed by atoms with van der Waals surface area (Å²) in [7, 11) is 0. The number of rotatable bonds is 3. The van der Waals surface area contributed by atoms with Crippen molar-refractivity contribution in [2.24, 2.45) is 0 Å². The van der Waals surface area contributed by atoms with Crippen LogP contribution in [0.5, 0.6) is 0 Å². The second-order valence-corrected chi connectivity index (χ2v) is 4.63. The monoisotopic (exact) mass is 296 g/mol. The van der Waals surface area contributed by atoms with Gasteiger partial charge in [-0.3, -0.25) is 4.79 Å². The van der Waals surface area contributed by atoms with Gasteiger partial charge in [0.25, 0.3) is 0 Å². The molecule has 0 spiro atoms. The third kappa shape index (κ3) is 3.45. The molecule has 2 rings (SSSR count). The second-order valence-electron chi connectivity index (χ2n) is 4.19. The zero-order valence-electron chi connectivity index (χ0n) is 10.3. The molecule has 0 atom stereocenters. The van der Waals surface area contributed by atoms with E-state index >= 15 is 0 Å². The Morgan fingerprint density at radius 2 is 1.95 bits per heavy atom. The third-order valence-electron chi connectivity index (χ3n) is 2.66. The summed E-state index contributed by atoms with van der Waals surface area (Å²) in [5.74, 6) is -1.92. The van der Waals surface area contributed by atoms with Gasteiger partial charge < -0.3 is 11.1 Å². The van der Waals surface area contributed by atoms with E-state index in [9.17, 15) is 13.6 Å². The number of hydrogen-bond donors (Lipinski definition) is 2. The quantitative estimate of drug-likeness (QED) is 0.853. The van der Waals surface area contributed by atoms with E-state index in [1.165, 1.54) is 12.1 Å². The predicted molar refractivity (Wildman–Crippen MR) is 74.6 cm³/mol. The van der Waals surface area contributed by atoms with Gasteiger partial charge in [-0.05, 0) is 29.8 Å². The van der Waals surface area contributed by atoms with E-state index in [1.54, 1.807) is 12.1 Å². The van der Waals surface area contributed by atoms with Gasteiger partial charge in [-0.15, -0.1) is 0 Å². The molecule has 0 aliphatic carbocycles. The zero-order chi connectivity index (χ0) is 14.7. The first-order valence-electron chi connectivity index (χ1n) is 5.74. The molecule has 0 saturated carbocycles. The smallest absolute Gasteiger partial charge is 0.228 e. The van der Waals surface area contributed by atoms with Gasteiger partial charge in [-0.2, -0.15) is 0 Å². The van der Waals surface area contributed by atoms with Crippen LogP contribution in [0, 0.1) is 11.6 Å². The average molecular weight is 297 g/mol. The fraction of sp³-hybridized carbons (Fsp3) is 0.0714. The SMILES string of the molecule is Nc1ccc(Cl)cc1NC(=O)Cc1ccc(F)cc1F. The molecule has 0 aliphatic heterocycles. The van der Waals surface area contributed by atoms with Crippen LogP contribution in [0.4, 0.5) is 20.2 Å². The van der Waals surface area contributed by atoms with Crippen LogP contribution in [0.3, 0.4) is 0 Å². The van der Waals surface area contributed by atoms with Crippen LogP contribution in [0.15, 0.2) is 36.4 Å². The summed E-state index contributed by atoms with van der Waals surface area (Å²) in [6.45, 7) is 0. The molecule has 104 valence electrons. The summed E-state index contributed by atoms with van der Waals surface area (Å²) in [4.78, 5) is 11.8. The lowest BCUT2D eigenvalue weighted by Crippen LogP contribution is -2.16. The Morgan fingerprint density at radius 3 is 2.65 bits per heavy atom. The van der Waals surface area contributed by atoms with Crippen molar-refractivity contribution in [3.63, 3.8) is 0 Å². The van der Waals surface area contributed by atoms with Gasteiger partial charge in [0.1, 0.15) is 11.6 Å². The minimum Gasteiger partial charge on any atom is -0.397 e. The van der Waals surface area contributed by atoms with Gasteiger partial charge in [-0.25, -0.2) is 8.78 Å². The van der Waals surface area contributed by atoms with Gasteiger partial charge in [-0.1, -0.05) is 17.7 Å². The number of amides is 1. The van der Waals surface area contributed by atoms with Crippen molar-refractivity contribution in [3.05, 3.63) is 58.6 Å². The Kier molecular flexibility index (Phi) is 4.20. The molecule has 1 amide bonds. The maximum absolute atomic E-state index is 13.4. The highest BCUT2D eigenvalue weighted by atomic mass is 35.5. The molecule has 2 aromatic rings. The van der Waals surface area contributed by atoms with Crippen molar-refractivity contribution in [2.75, 3.05) is 11.1 Å². The van der Waals surface area contributed by atoms with Crippen LogP contribution in [0.2, 0.25) is 5.02 Å². The van der Waals surface area contributed by atoms with E-state index in [0.717, 1.165) is 12.1 Å². The van der Waals surface area contributed by atoms with Crippen LogP contribution in [0.1, 0.15) is 5.56 Å². The van der Waals surface area contributed by atoms with Crippen LogP contribution in [0.25, 0.3) is 0 Å². The lowest BCUT2D eigenvalue weighted by atomic mass is 10.1. The van der Waals surface area contributed by atoms with E-state index < -0.39 is 17.5 Å². The number of carbonyl (C=O) groups is 1. The molecule has 0 aliphatic rings. The molecule has 2 aromatic carbocycles. The largest absolute Gasteiger partial charge is 0.397 e. The standard InChI is InChI=1S/C14H11ClF2N2O/c15-9-2-4-12(18)13(6-9)19-14(20)5-8-1-3-10(16)7-11(8)17/h1-4,6-7H,5,18H2,(H,19,20). The van der Waals surface area contributed by atoms with Crippen molar-refractivity contribution < 1.29 is 13.6 Å². The first-order valence-corrected chi connectivity index (χ1v) is 6.12. The minimum absolute atomic E-state index is 0.101. The molecule has 3 nitrogen and oxygen atoms in total. The fourth-order valence-electron chi connectivity index (χ4n) is 1.67. The maximum Gasteiger partial charge on any atom is 0.228 e. The molecule has 0 unspecified atom stereocenters. The number of halogens is 3. The number of hydrogen-bond acceptors (Lipinski definition) is 2. The van der Waals surface area contributed by atoms with Crippen molar-refractivity contribution in [1.29, 1.82) is 0 Å². The highest BCUT2D eigenvalue weighted by Crippen LogP contribution is 2.23. The molecule has 0 saturated heterocycles. The van der Waals surface area contributed by atoms with Crippen molar-refractivity contribution in [2.45, 2.75) is 6.42 Å². The van der Waals surface area contributed by atoms with E-state index in [2.05, 4.69) is 5.32 Å². The normalized spacial score (nSPS) is 10.3. The Hall–Kier alpha value is -2.14. The summed E-state index contributed by atoms with van der Waals surface area (Å²) in [6.07, 6.45) is -0.224. The van der Waals surface area contributed by atoms with Crippen LogP contribution >= 0.6 is 11.6 Å². The van der Waals surface area contributed by atoms with Crippen molar-refractivity contribution >= 4 is 28.9 Å². The minimum atomic E-state index is -0.765. The highest BCUT2D eigenvalue weighted by molar-refractivity contribution is 6.31. The molecule has 20 heavy (non-hydrogen) atoms. The van der Waals surface area contributed by atoms with Gasteiger partial charge in [0.2, 0.25) is 5.91 Å². The van der Waals surface area contributed by atoms with Gasteiger partial charge >= 0.3 is 0 Å². The topological polar surface area (TPSA) is 55.1 Å². The Balaban J connectivity index is 2.11. The van der Waals surface area contributed by atoms with Gasteiger partial charge in [0.15, 0.2) is 0 Å². The molecule has 6 heteroatoms. The third-order valence-corrected chi connectivity index (χ3v) is 2.89. The second kappa shape index (κ2) is 5.88. The van der Waals surface area contributed by atoms with Crippen molar-refractivity contribution in [3.8, 4) is 0 Å². The summed E-state index contributed by atoms with van der Waals surface area (Å²) >= 11 is 5.79. The molecule has 0 bridgehead atoms. The maximum atomic E-state index is 13.4. The zero-order valence-corrected chi connectivity index (χ0v) is 11.0. The number of nitrogens with one attached hydrogen (secondary N) is 1. The lowest BCUT2D eigenvalue weighted by Gasteiger charge is -2.09. The number of nitrogen functional groups attached to an aromatic ring is 1. The van der Waals surface area contributed by atoms with Crippen molar-refractivity contribution in [1.82, 2.24) is 0 Å². The highest BCUT2D eigenvalue weighted by Gasteiger charge is 2.11. The molecule has 0 fully saturated rings. The number of benzene rings is 2. The fourth-order valence-corrected chi connectivity index (χ4v) is 1.84.